The minimum absolute atomic E-state index is 0.0447. The van der Waals surface area contributed by atoms with Crippen LogP contribution >= 0.6 is 0 Å². The lowest BCUT2D eigenvalue weighted by Gasteiger charge is -2.18. The van der Waals surface area contributed by atoms with Gasteiger partial charge in [0.25, 0.3) is 0 Å². The van der Waals surface area contributed by atoms with E-state index >= 15 is 0 Å². The Balaban J connectivity index is 2.08. The van der Waals surface area contributed by atoms with Gasteiger partial charge < -0.3 is 5.32 Å². The summed E-state index contributed by atoms with van der Waals surface area (Å²) in [6.45, 7) is 7.27. The Morgan fingerprint density at radius 2 is 1.81 bits per heavy atom. The van der Waals surface area contributed by atoms with Gasteiger partial charge in [0, 0.05) is 17.8 Å². The Labute approximate surface area is 126 Å². The predicted octanol–water partition coefficient (Wildman–Crippen LogP) is 3.86. The molecule has 0 radical (unpaired) electrons. The molecule has 1 aromatic heterocycles. The van der Waals surface area contributed by atoms with Gasteiger partial charge in [0.15, 0.2) is 0 Å². The number of rotatable bonds is 5. The maximum atomic E-state index is 4.89. The highest BCUT2D eigenvalue weighted by molar-refractivity contribution is 5.49. The quantitative estimate of drug-likeness (QED) is 0.904. The number of anilines is 1. The van der Waals surface area contributed by atoms with Gasteiger partial charge in [-0.2, -0.15) is 0 Å². The molecule has 0 saturated heterocycles. The standard InChI is InChI=1S/C18H23N3/c1-4-15-13(3)16(19-5-2)21-17(20-15)18(11-12-18)14-9-7-6-8-10-14/h6-10H,4-5,11-12H2,1-3H3,(H,19,20,21). The molecule has 0 amide bonds. The highest BCUT2D eigenvalue weighted by Gasteiger charge is 2.48. The number of benzene rings is 1. The molecule has 1 aliphatic rings. The van der Waals surface area contributed by atoms with E-state index in [0.717, 1.165) is 43.1 Å². The molecule has 0 atom stereocenters. The average molecular weight is 281 g/mol. The smallest absolute Gasteiger partial charge is 0.141 e. The number of aromatic nitrogens is 2. The summed E-state index contributed by atoms with van der Waals surface area (Å²) in [4.78, 5) is 9.75. The first-order chi connectivity index (χ1) is 10.2. The minimum Gasteiger partial charge on any atom is -0.370 e. The summed E-state index contributed by atoms with van der Waals surface area (Å²) >= 11 is 0. The van der Waals surface area contributed by atoms with Crippen molar-refractivity contribution in [3.8, 4) is 0 Å². The van der Waals surface area contributed by atoms with E-state index in [4.69, 9.17) is 9.97 Å². The van der Waals surface area contributed by atoms with E-state index in [1.165, 1.54) is 11.1 Å². The van der Waals surface area contributed by atoms with Gasteiger partial charge in [-0.05, 0) is 38.7 Å². The molecule has 0 aliphatic heterocycles. The zero-order valence-corrected chi connectivity index (χ0v) is 13.1. The molecule has 0 bridgehead atoms. The second kappa shape index (κ2) is 5.47. The second-order valence-corrected chi connectivity index (χ2v) is 5.80. The Hall–Kier alpha value is -1.90. The third-order valence-electron chi connectivity index (χ3n) is 4.43. The molecular formula is C18H23N3. The van der Waals surface area contributed by atoms with E-state index in [2.05, 4.69) is 56.4 Å². The van der Waals surface area contributed by atoms with Crippen molar-refractivity contribution in [2.75, 3.05) is 11.9 Å². The van der Waals surface area contributed by atoms with Crippen molar-refractivity contribution in [3.05, 3.63) is 53.0 Å². The molecule has 21 heavy (non-hydrogen) atoms. The summed E-state index contributed by atoms with van der Waals surface area (Å²) in [5.41, 5.74) is 3.74. The lowest BCUT2D eigenvalue weighted by atomic mass is 9.94. The van der Waals surface area contributed by atoms with Gasteiger partial charge in [-0.3, -0.25) is 0 Å². The first-order valence-corrected chi connectivity index (χ1v) is 7.88. The van der Waals surface area contributed by atoms with Crippen LogP contribution in [0.4, 0.5) is 5.82 Å². The van der Waals surface area contributed by atoms with Crippen molar-refractivity contribution in [1.82, 2.24) is 9.97 Å². The molecule has 0 spiro atoms. The third kappa shape index (κ3) is 2.41. The van der Waals surface area contributed by atoms with Crippen LogP contribution < -0.4 is 5.32 Å². The van der Waals surface area contributed by atoms with E-state index in [9.17, 15) is 0 Å². The van der Waals surface area contributed by atoms with Gasteiger partial charge in [-0.15, -0.1) is 0 Å². The van der Waals surface area contributed by atoms with E-state index in [1.54, 1.807) is 0 Å². The average Bonchev–Trinajstić information content (AvgIpc) is 3.32. The van der Waals surface area contributed by atoms with Crippen LogP contribution in [-0.4, -0.2) is 16.5 Å². The molecule has 1 aromatic carbocycles. The largest absolute Gasteiger partial charge is 0.370 e. The number of aryl methyl sites for hydroxylation is 1. The number of nitrogens with zero attached hydrogens (tertiary/aromatic N) is 2. The molecule has 1 heterocycles. The van der Waals surface area contributed by atoms with Crippen molar-refractivity contribution in [2.45, 2.75) is 45.4 Å². The first-order valence-electron chi connectivity index (χ1n) is 7.88. The fourth-order valence-electron chi connectivity index (χ4n) is 2.98. The third-order valence-corrected chi connectivity index (χ3v) is 4.43. The maximum Gasteiger partial charge on any atom is 0.141 e. The molecule has 1 saturated carbocycles. The van der Waals surface area contributed by atoms with Crippen LogP contribution in [-0.2, 0) is 11.8 Å². The van der Waals surface area contributed by atoms with Crippen LogP contribution in [0.25, 0.3) is 0 Å². The van der Waals surface area contributed by atoms with Gasteiger partial charge in [0.1, 0.15) is 11.6 Å². The van der Waals surface area contributed by atoms with Gasteiger partial charge in [0.05, 0.1) is 5.41 Å². The molecular weight excluding hydrogens is 258 g/mol. The Bertz CT molecular complexity index is 630. The lowest BCUT2D eigenvalue weighted by Crippen LogP contribution is -2.17. The molecule has 3 rings (SSSR count). The summed E-state index contributed by atoms with van der Waals surface area (Å²) in [5, 5.41) is 3.39. The highest BCUT2D eigenvalue weighted by atomic mass is 15.0. The lowest BCUT2D eigenvalue weighted by molar-refractivity contribution is 0.737. The minimum atomic E-state index is 0.0447. The van der Waals surface area contributed by atoms with Crippen molar-refractivity contribution in [3.63, 3.8) is 0 Å². The topological polar surface area (TPSA) is 37.8 Å². The molecule has 3 heteroatoms. The van der Waals surface area contributed by atoms with Crippen LogP contribution in [0.1, 0.15) is 49.3 Å². The van der Waals surface area contributed by atoms with Crippen molar-refractivity contribution in [1.29, 1.82) is 0 Å². The summed E-state index contributed by atoms with van der Waals surface area (Å²) in [6, 6.07) is 10.7. The molecule has 0 unspecified atom stereocenters. The Morgan fingerprint density at radius 3 is 2.38 bits per heavy atom. The number of nitrogens with one attached hydrogen (secondary N) is 1. The first kappa shape index (κ1) is 14.1. The van der Waals surface area contributed by atoms with Crippen molar-refractivity contribution < 1.29 is 0 Å². The summed E-state index contributed by atoms with van der Waals surface area (Å²) < 4.78 is 0. The molecule has 1 N–H and O–H groups in total. The van der Waals surface area contributed by atoms with Crippen LogP contribution in [0.15, 0.2) is 30.3 Å². The van der Waals surface area contributed by atoms with Crippen LogP contribution in [0.5, 0.6) is 0 Å². The molecule has 3 nitrogen and oxygen atoms in total. The van der Waals surface area contributed by atoms with Crippen LogP contribution in [0.3, 0.4) is 0 Å². The SMILES string of the molecule is CCNc1nc(C2(c3ccccc3)CC2)nc(CC)c1C. The van der Waals surface area contributed by atoms with E-state index in [-0.39, 0.29) is 5.41 Å². The van der Waals surface area contributed by atoms with E-state index in [1.807, 2.05) is 0 Å². The zero-order valence-electron chi connectivity index (χ0n) is 13.1. The highest BCUT2D eigenvalue weighted by Crippen LogP contribution is 2.52. The molecule has 1 fully saturated rings. The predicted molar refractivity (Wildman–Crippen MR) is 86.8 cm³/mol. The monoisotopic (exact) mass is 281 g/mol. The summed E-state index contributed by atoms with van der Waals surface area (Å²) in [6.07, 6.45) is 3.24. The van der Waals surface area contributed by atoms with Gasteiger partial charge >= 0.3 is 0 Å². The van der Waals surface area contributed by atoms with Crippen LogP contribution in [0, 0.1) is 6.92 Å². The van der Waals surface area contributed by atoms with Crippen molar-refractivity contribution in [2.24, 2.45) is 0 Å². The van der Waals surface area contributed by atoms with E-state index in [0.29, 0.717) is 0 Å². The van der Waals surface area contributed by atoms with E-state index < -0.39 is 0 Å². The fraction of sp³-hybridized carbons (Fsp3) is 0.444. The maximum absolute atomic E-state index is 4.89. The van der Waals surface area contributed by atoms with Gasteiger partial charge in [0.2, 0.25) is 0 Å². The Kier molecular flexibility index (Phi) is 3.66. The number of hydrogen-bond donors (Lipinski definition) is 1. The summed E-state index contributed by atoms with van der Waals surface area (Å²) in [7, 11) is 0. The van der Waals surface area contributed by atoms with Crippen molar-refractivity contribution >= 4 is 5.82 Å². The second-order valence-electron chi connectivity index (χ2n) is 5.80. The fourth-order valence-corrected chi connectivity index (χ4v) is 2.98. The van der Waals surface area contributed by atoms with Gasteiger partial charge in [-0.25, -0.2) is 9.97 Å². The molecule has 2 aromatic rings. The molecule has 1 aliphatic carbocycles. The zero-order chi connectivity index (χ0) is 14.9. The van der Waals surface area contributed by atoms with Crippen LogP contribution in [0.2, 0.25) is 0 Å². The number of hydrogen-bond acceptors (Lipinski definition) is 3. The summed E-state index contributed by atoms with van der Waals surface area (Å²) in [5.74, 6) is 1.99. The van der Waals surface area contributed by atoms with Gasteiger partial charge in [-0.1, -0.05) is 37.3 Å². The Morgan fingerprint density at radius 1 is 1.10 bits per heavy atom. The molecule has 110 valence electrons. The normalized spacial score (nSPS) is 15.8.